The Morgan fingerprint density at radius 2 is 2.06 bits per heavy atom. The topological polar surface area (TPSA) is 84.9 Å². The Morgan fingerprint density at radius 1 is 1.44 bits per heavy atom. The van der Waals surface area contributed by atoms with Gasteiger partial charge in [0.25, 0.3) is 10.2 Å². The molecule has 1 aliphatic heterocycles. The SMILES string of the molecule is COC(=O)C1COCCN1S(=O)(=O)NC(C)(C)C. The van der Waals surface area contributed by atoms with E-state index in [0.717, 1.165) is 4.31 Å². The van der Waals surface area contributed by atoms with Crippen molar-refractivity contribution in [3.8, 4) is 0 Å². The number of nitrogens with one attached hydrogen (secondary N) is 1. The van der Waals surface area contributed by atoms with Crippen LogP contribution in [0.2, 0.25) is 0 Å². The zero-order chi connectivity index (χ0) is 14.0. The number of rotatable bonds is 3. The highest BCUT2D eigenvalue weighted by Gasteiger charge is 2.39. The van der Waals surface area contributed by atoms with Gasteiger partial charge in [0.2, 0.25) is 0 Å². The lowest BCUT2D eigenvalue weighted by Crippen LogP contribution is -2.58. The third kappa shape index (κ3) is 3.91. The van der Waals surface area contributed by atoms with Gasteiger partial charge in [0, 0.05) is 12.1 Å². The van der Waals surface area contributed by atoms with Crippen LogP contribution in [0.15, 0.2) is 0 Å². The van der Waals surface area contributed by atoms with Gasteiger partial charge in [-0.2, -0.15) is 17.4 Å². The lowest BCUT2D eigenvalue weighted by Gasteiger charge is -2.34. The average Bonchev–Trinajstić information content (AvgIpc) is 2.25. The fourth-order valence-electron chi connectivity index (χ4n) is 1.64. The van der Waals surface area contributed by atoms with Crippen molar-refractivity contribution < 1.29 is 22.7 Å². The number of morpholine rings is 1. The largest absolute Gasteiger partial charge is 0.468 e. The molecule has 0 aliphatic carbocycles. The molecule has 0 saturated carbocycles. The Morgan fingerprint density at radius 3 is 2.56 bits per heavy atom. The first-order valence-corrected chi connectivity index (χ1v) is 7.08. The van der Waals surface area contributed by atoms with Gasteiger partial charge in [-0.05, 0) is 20.8 Å². The van der Waals surface area contributed by atoms with Crippen molar-refractivity contribution in [3.63, 3.8) is 0 Å². The molecule has 18 heavy (non-hydrogen) atoms. The molecule has 0 aromatic heterocycles. The second kappa shape index (κ2) is 5.52. The Labute approximate surface area is 108 Å². The molecule has 0 spiro atoms. The van der Waals surface area contributed by atoms with Crippen LogP contribution in [-0.4, -0.2) is 57.1 Å². The van der Waals surface area contributed by atoms with E-state index in [1.54, 1.807) is 20.8 Å². The van der Waals surface area contributed by atoms with E-state index in [4.69, 9.17) is 4.74 Å². The minimum absolute atomic E-state index is 0.0116. The van der Waals surface area contributed by atoms with E-state index in [9.17, 15) is 13.2 Å². The first-order valence-electron chi connectivity index (χ1n) is 5.64. The Balaban J connectivity index is 2.93. The number of methoxy groups -OCH3 is 1. The molecule has 8 heteroatoms. The third-order valence-electron chi connectivity index (χ3n) is 2.30. The monoisotopic (exact) mass is 280 g/mol. The quantitative estimate of drug-likeness (QED) is 0.704. The maximum atomic E-state index is 12.2. The number of nitrogens with zero attached hydrogens (tertiary/aromatic N) is 1. The van der Waals surface area contributed by atoms with Crippen molar-refractivity contribution in [2.24, 2.45) is 0 Å². The number of carbonyl (C=O) groups is 1. The van der Waals surface area contributed by atoms with Crippen molar-refractivity contribution in [2.45, 2.75) is 32.4 Å². The second-order valence-corrected chi connectivity index (χ2v) is 6.70. The molecule has 1 atom stereocenters. The normalized spacial score (nSPS) is 22.8. The van der Waals surface area contributed by atoms with Crippen LogP contribution in [0.1, 0.15) is 20.8 Å². The molecule has 1 saturated heterocycles. The molecule has 1 fully saturated rings. The summed E-state index contributed by atoms with van der Waals surface area (Å²) in [5.74, 6) is -0.617. The fourth-order valence-corrected chi connectivity index (χ4v) is 3.33. The van der Waals surface area contributed by atoms with Crippen LogP contribution < -0.4 is 4.72 Å². The lowest BCUT2D eigenvalue weighted by molar-refractivity contribution is -0.149. The summed E-state index contributed by atoms with van der Waals surface area (Å²) in [5.41, 5.74) is -0.613. The van der Waals surface area contributed by atoms with E-state index >= 15 is 0 Å². The van der Waals surface area contributed by atoms with Crippen LogP contribution >= 0.6 is 0 Å². The summed E-state index contributed by atoms with van der Waals surface area (Å²) >= 11 is 0. The number of carbonyl (C=O) groups excluding carboxylic acids is 1. The summed E-state index contributed by atoms with van der Waals surface area (Å²) in [4.78, 5) is 11.6. The fraction of sp³-hybridized carbons (Fsp3) is 0.900. The summed E-state index contributed by atoms with van der Waals surface area (Å²) in [7, 11) is -2.52. The predicted molar refractivity (Wildman–Crippen MR) is 65.1 cm³/mol. The Kier molecular flexibility index (Phi) is 4.71. The van der Waals surface area contributed by atoms with Crippen LogP contribution in [-0.2, 0) is 24.5 Å². The zero-order valence-electron chi connectivity index (χ0n) is 11.1. The highest BCUT2D eigenvalue weighted by molar-refractivity contribution is 7.87. The van der Waals surface area contributed by atoms with Gasteiger partial charge >= 0.3 is 5.97 Å². The second-order valence-electron chi connectivity index (χ2n) is 5.08. The predicted octanol–water partition coefficient (Wildman–Crippen LogP) is -0.507. The Bertz CT molecular complexity index is 401. The molecule has 7 nitrogen and oxygen atoms in total. The van der Waals surface area contributed by atoms with Crippen molar-refractivity contribution >= 4 is 16.2 Å². The number of ether oxygens (including phenoxy) is 2. The molecule has 0 amide bonds. The maximum absolute atomic E-state index is 12.2. The van der Waals surface area contributed by atoms with Crippen molar-refractivity contribution in [1.82, 2.24) is 9.03 Å². The van der Waals surface area contributed by atoms with Crippen LogP contribution in [0.4, 0.5) is 0 Å². The van der Waals surface area contributed by atoms with E-state index in [-0.39, 0.29) is 19.8 Å². The van der Waals surface area contributed by atoms with E-state index in [1.165, 1.54) is 7.11 Å². The summed E-state index contributed by atoms with van der Waals surface area (Å²) in [6, 6.07) is -0.927. The summed E-state index contributed by atoms with van der Waals surface area (Å²) in [5, 5.41) is 0. The number of hydrogen-bond donors (Lipinski definition) is 1. The van der Waals surface area contributed by atoms with Gasteiger partial charge in [0.1, 0.15) is 6.04 Å². The smallest absolute Gasteiger partial charge is 0.326 e. The van der Waals surface area contributed by atoms with Crippen molar-refractivity contribution in [3.05, 3.63) is 0 Å². The third-order valence-corrected chi connectivity index (χ3v) is 4.22. The molecule has 1 rings (SSSR count). The van der Waals surface area contributed by atoms with Gasteiger partial charge in [-0.3, -0.25) is 4.79 Å². The van der Waals surface area contributed by atoms with Gasteiger partial charge in [0.05, 0.1) is 20.3 Å². The zero-order valence-corrected chi connectivity index (χ0v) is 11.9. The molecule has 1 N–H and O–H groups in total. The van der Waals surface area contributed by atoms with Gasteiger partial charge in [-0.1, -0.05) is 0 Å². The summed E-state index contributed by atoms with van der Waals surface area (Å²) in [6.07, 6.45) is 0. The minimum Gasteiger partial charge on any atom is -0.468 e. The standard InChI is InChI=1S/C10H20N2O5S/c1-10(2,3)11-18(14,15)12-5-6-17-7-8(12)9(13)16-4/h8,11H,5-7H2,1-4H3. The summed E-state index contributed by atoms with van der Waals surface area (Å²) < 4.78 is 37.7. The first kappa shape index (κ1) is 15.4. The number of hydrogen-bond acceptors (Lipinski definition) is 5. The van der Waals surface area contributed by atoms with E-state index in [0.29, 0.717) is 0 Å². The molecule has 0 radical (unpaired) electrons. The van der Waals surface area contributed by atoms with Gasteiger partial charge in [-0.15, -0.1) is 0 Å². The summed E-state index contributed by atoms with van der Waals surface area (Å²) in [6.45, 7) is 5.61. The molecular formula is C10H20N2O5S. The first-order chi connectivity index (χ1) is 8.17. The molecule has 0 bridgehead atoms. The minimum atomic E-state index is -3.74. The molecule has 0 aromatic rings. The van der Waals surface area contributed by atoms with Gasteiger partial charge < -0.3 is 9.47 Å². The van der Waals surface area contributed by atoms with Crippen LogP contribution in [0.3, 0.4) is 0 Å². The van der Waals surface area contributed by atoms with Gasteiger partial charge in [-0.25, -0.2) is 0 Å². The van der Waals surface area contributed by atoms with E-state index < -0.39 is 27.8 Å². The van der Waals surface area contributed by atoms with E-state index in [1.807, 2.05) is 0 Å². The van der Waals surface area contributed by atoms with Crippen molar-refractivity contribution in [1.29, 1.82) is 0 Å². The molecule has 1 aliphatic rings. The molecule has 106 valence electrons. The molecule has 0 aromatic carbocycles. The van der Waals surface area contributed by atoms with Crippen LogP contribution in [0.5, 0.6) is 0 Å². The Hall–Kier alpha value is -0.700. The highest BCUT2D eigenvalue weighted by atomic mass is 32.2. The van der Waals surface area contributed by atoms with Crippen molar-refractivity contribution in [2.75, 3.05) is 26.9 Å². The molecular weight excluding hydrogens is 260 g/mol. The highest BCUT2D eigenvalue weighted by Crippen LogP contribution is 2.15. The molecule has 1 heterocycles. The van der Waals surface area contributed by atoms with Crippen LogP contribution in [0, 0.1) is 0 Å². The molecule has 1 unspecified atom stereocenters. The van der Waals surface area contributed by atoms with E-state index in [2.05, 4.69) is 9.46 Å². The number of esters is 1. The maximum Gasteiger partial charge on any atom is 0.326 e. The van der Waals surface area contributed by atoms with Crippen LogP contribution in [0.25, 0.3) is 0 Å². The average molecular weight is 280 g/mol. The lowest BCUT2D eigenvalue weighted by atomic mass is 10.1. The van der Waals surface area contributed by atoms with Gasteiger partial charge in [0.15, 0.2) is 0 Å².